The van der Waals surface area contributed by atoms with Gasteiger partial charge >= 0.3 is 0 Å². The molecule has 1 amide bonds. The molecule has 1 atom stereocenters. The molecule has 0 radical (unpaired) electrons. The second-order valence-electron chi connectivity index (χ2n) is 6.28. The average Bonchev–Trinajstić information content (AvgIpc) is 3.10. The van der Waals surface area contributed by atoms with E-state index in [1.54, 1.807) is 13.0 Å². The minimum Gasteiger partial charge on any atom is -0.464 e. The summed E-state index contributed by atoms with van der Waals surface area (Å²) < 4.78 is 45.6. The highest BCUT2D eigenvalue weighted by Crippen LogP contribution is 2.19. The Morgan fingerprint density at radius 1 is 1.00 bits per heavy atom. The van der Waals surface area contributed by atoms with Crippen LogP contribution in [0.2, 0.25) is 0 Å². The number of sulfonamides is 1. The number of anilines is 1. The normalized spacial score (nSPS) is 12.4. The van der Waals surface area contributed by atoms with E-state index in [2.05, 4.69) is 10.0 Å². The van der Waals surface area contributed by atoms with Gasteiger partial charge in [0.2, 0.25) is 0 Å². The van der Waals surface area contributed by atoms with E-state index in [0.29, 0.717) is 11.3 Å². The topological polar surface area (TPSA) is 88.4 Å². The molecular weight excluding hydrogens is 383 g/mol. The van der Waals surface area contributed by atoms with Crippen molar-refractivity contribution in [1.82, 2.24) is 5.32 Å². The van der Waals surface area contributed by atoms with Crippen molar-refractivity contribution in [2.45, 2.75) is 24.8 Å². The van der Waals surface area contributed by atoms with Crippen LogP contribution in [0, 0.1) is 12.7 Å². The lowest BCUT2D eigenvalue weighted by atomic mass is 10.2. The van der Waals surface area contributed by atoms with Crippen molar-refractivity contribution in [2.75, 3.05) is 4.72 Å². The standard InChI is InChI=1S/C20H19FN2O4S/c1-13-3-12-19(27-13)14(2)22-20(24)15-4-10-18(11-5-15)28(25,26)23-17-8-6-16(21)7-9-17/h3-12,14,23H,1-2H3,(H,22,24). The molecule has 1 unspecified atom stereocenters. The number of hydrogen-bond acceptors (Lipinski definition) is 4. The van der Waals surface area contributed by atoms with E-state index in [9.17, 15) is 17.6 Å². The number of nitrogens with one attached hydrogen (secondary N) is 2. The van der Waals surface area contributed by atoms with Crippen LogP contribution in [-0.4, -0.2) is 14.3 Å². The predicted octanol–water partition coefficient (Wildman–Crippen LogP) is 4.02. The van der Waals surface area contributed by atoms with E-state index in [0.717, 1.165) is 17.9 Å². The molecule has 0 bridgehead atoms. The number of hydrogen-bond donors (Lipinski definition) is 2. The molecule has 0 fully saturated rings. The van der Waals surface area contributed by atoms with Gasteiger partial charge in [-0.05, 0) is 74.5 Å². The number of furan rings is 1. The Labute approximate surface area is 162 Å². The minimum atomic E-state index is -3.85. The number of amides is 1. The lowest BCUT2D eigenvalue weighted by Crippen LogP contribution is -2.26. The first kappa shape index (κ1) is 19.6. The lowest BCUT2D eigenvalue weighted by molar-refractivity contribution is 0.0935. The maximum Gasteiger partial charge on any atom is 0.261 e. The first-order valence-electron chi connectivity index (χ1n) is 8.50. The summed E-state index contributed by atoms with van der Waals surface area (Å²) in [5, 5.41) is 2.80. The zero-order valence-electron chi connectivity index (χ0n) is 15.3. The molecule has 6 nitrogen and oxygen atoms in total. The van der Waals surface area contributed by atoms with Gasteiger partial charge in [-0.25, -0.2) is 12.8 Å². The molecular formula is C20H19FN2O4S. The lowest BCUT2D eigenvalue weighted by Gasteiger charge is -2.12. The zero-order chi connectivity index (χ0) is 20.3. The number of rotatable bonds is 6. The Kier molecular flexibility index (Phi) is 5.51. The zero-order valence-corrected chi connectivity index (χ0v) is 16.1. The molecule has 1 aromatic heterocycles. The van der Waals surface area contributed by atoms with Gasteiger partial charge in [-0.15, -0.1) is 0 Å². The molecule has 3 aromatic rings. The van der Waals surface area contributed by atoms with Crippen LogP contribution in [-0.2, 0) is 10.0 Å². The summed E-state index contributed by atoms with van der Waals surface area (Å²) in [5.41, 5.74) is 0.557. The first-order chi connectivity index (χ1) is 13.2. The molecule has 1 heterocycles. The fraction of sp³-hybridized carbons (Fsp3) is 0.150. The van der Waals surface area contributed by atoms with Gasteiger partial charge in [0.05, 0.1) is 10.9 Å². The van der Waals surface area contributed by atoms with E-state index in [-0.39, 0.29) is 22.5 Å². The molecule has 0 saturated carbocycles. The smallest absolute Gasteiger partial charge is 0.261 e. The summed E-state index contributed by atoms with van der Waals surface area (Å²) in [5.74, 6) is 0.571. The van der Waals surface area contributed by atoms with Crippen LogP contribution in [0.1, 0.15) is 34.8 Å². The van der Waals surface area contributed by atoms with Gasteiger partial charge in [0.15, 0.2) is 0 Å². The fourth-order valence-electron chi connectivity index (χ4n) is 2.55. The molecule has 0 aliphatic rings. The van der Waals surface area contributed by atoms with Crippen LogP contribution in [0.4, 0.5) is 10.1 Å². The number of carbonyl (C=O) groups excluding carboxylic acids is 1. The van der Waals surface area contributed by atoms with Gasteiger partial charge in [0, 0.05) is 11.3 Å². The van der Waals surface area contributed by atoms with Crippen molar-refractivity contribution in [3.8, 4) is 0 Å². The number of carbonyl (C=O) groups is 1. The van der Waals surface area contributed by atoms with E-state index in [1.807, 2.05) is 13.0 Å². The largest absolute Gasteiger partial charge is 0.464 e. The molecule has 0 spiro atoms. The molecule has 146 valence electrons. The highest BCUT2D eigenvalue weighted by Gasteiger charge is 2.17. The Bertz CT molecular complexity index is 1070. The van der Waals surface area contributed by atoms with Gasteiger partial charge in [0.1, 0.15) is 17.3 Å². The monoisotopic (exact) mass is 402 g/mol. The van der Waals surface area contributed by atoms with Crippen LogP contribution in [0.25, 0.3) is 0 Å². The van der Waals surface area contributed by atoms with E-state index >= 15 is 0 Å². The van der Waals surface area contributed by atoms with Crippen molar-refractivity contribution in [1.29, 1.82) is 0 Å². The summed E-state index contributed by atoms with van der Waals surface area (Å²) in [7, 11) is -3.85. The van der Waals surface area contributed by atoms with Crippen molar-refractivity contribution in [3.63, 3.8) is 0 Å². The van der Waals surface area contributed by atoms with E-state index < -0.39 is 15.8 Å². The van der Waals surface area contributed by atoms with Crippen molar-refractivity contribution < 1.29 is 22.0 Å². The molecule has 0 aliphatic carbocycles. The SMILES string of the molecule is Cc1ccc(C(C)NC(=O)c2ccc(S(=O)(=O)Nc3ccc(F)cc3)cc2)o1. The van der Waals surface area contributed by atoms with Crippen LogP contribution in [0.15, 0.2) is 70.0 Å². The van der Waals surface area contributed by atoms with Crippen molar-refractivity contribution in [3.05, 3.63) is 83.6 Å². The Morgan fingerprint density at radius 3 is 2.21 bits per heavy atom. The molecule has 3 rings (SSSR count). The summed E-state index contributed by atoms with van der Waals surface area (Å²) in [6, 6.07) is 13.8. The van der Waals surface area contributed by atoms with Crippen LogP contribution in [0.5, 0.6) is 0 Å². The second kappa shape index (κ2) is 7.85. The van der Waals surface area contributed by atoms with Crippen LogP contribution in [0.3, 0.4) is 0 Å². The molecule has 2 aromatic carbocycles. The summed E-state index contributed by atoms with van der Waals surface area (Å²) >= 11 is 0. The molecule has 2 N–H and O–H groups in total. The fourth-order valence-corrected chi connectivity index (χ4v) is 3.61. The minimum absolute atomic E-state index is 0.0110. The maximum absolute atomic E-state index is 12.9. The van der Waals surface area contributed by atoms with Crippen molar-refractivity contribution >= 4 is 21.6 Å². The number of halogens is 1. The first-order valence-corrected chi connectivity index (χ1v) is 9.98. The van der Waals surface area contributed by atoms with E-state index in [4.69, 9.17) is 4.42 Å². The summed E-state index contributed by atoms with van der Waals surface area (Å²) in [6.07, 6.45) is 0. The van der Waals surface area contributed by atoms with Crippen LogP contribution < -0.4 is 10.0 Å². The van der Waals surface area contributed by atoms with Gasteiger partial charge in [0.25, 0.3) is 15.9 Å². The average molecular weight is 402 g/mol. The summed E-state index contributed by atoms with van der Waals surface area (Å²) in [4.78, 5) is 12.4. The Balaban J connectivity index is 1.69. The highest BCUT2D eigenvalue weighted by molar-refractivity contribution is 7.92. The summed E-state index contributed by atoms with van der Waals surface area (Å²) in [6.45, 7) is 3.61. The Hall–Kier alpha value is -3.13. The van der Waals surface area contributed by atoms with E-state index in [1.165, 1.54) is 36.4 Å². The predicted molar refractivity (Wildman–Crippen MR) is 103 cm³/mol. The third-order valence-corrected chi connectivity index (χ3v) is 5.46. The maximum atomic E-state index is 12.9. The molecule has 28 heavy (non-hydrogen) atoms. The highest BCUT2D eigenvalue weighted by atomic mass is 32.2. The number of benzene rings is 2. The van der Waals surface area contributed by atoms with Crippen molar-refractivity contribution in [2.24, 2.45) is 0 Å². The quantitative estimate of drug-likeness (QED) is 0.652. The van der Waals surface area contributed by atoms with Gasteiger partial charge in [-0.3, -0.25) is 9.52 Å². The van der Waals surface area contributed by atoms with Crippen LogP contribution >= 0.6 is 0 Å². The number of aryl methyl sites for hydroxylation is 1. The molecule has 0 aliphatic heterocycles. The van der Waals surface area contributed by atoms with Gasteiger partial charge in [-0.2, -0.15) is 0 Å². The molecule has 0 saturated heterocycles. The third kappa shape index (κ3) is 4.58. The molecule has 8 heteroatoms. The van der Waals surface area contributed by atoms with Gasteiger partial charge in [-0.1, -0.05) is 0 Å². The Morgan fingerprint density at radius 2 is 1.64 bits per heavy atom. The van der Waals surface area contributed by atoms with Gasteiger partial charge < -0.3 is 9.73 Å². The third-order valence-electron chi connectivity index (χ3n) is 4.06. The second-order valence-corrected chi connectivity index (χ2v) is 7.96.